The summed E-state index contributed by atoms with van der Waals surface area (Å²) < 4.78 is 23.8. The van der Waals surface area contributed by atoms with Gasteiger partial charge in [0.2, 0.25) is 5.95 Å². The molecule has 6 heteroatoms. The largest absolute Gasteiger partial charge is 0.355 e. The van der Waals surface area contributed by atoms with Crippen molar-refractivity contribution < 1.29 is 8.42 Å². The Morgan fingerprint density at radius 2 is 2.20 bits per heavy atom. The molecule has 0 amide bonds. The van der Waals surface area contributed by atoms with Crippen molar-refractivity contribution in [1.82, 2.24) is 9.55 Å². The van der Waals surface area contributed by atoms with Crippen LogP contribution in [0.4, 0.5) is 5.95 Å². The Hall–Kier alpha value is -1.04. The first kappa shape index (κ1) is 12.0. The molecule has 0 fully saturated rings. The first-order valence-corrected chi connectivity index (χ1v) is 6.90. The van der Waals surface area contributed by atoms with Crippen LogP contribution >= 0.6 is 0 Å². The minimum absolute atomic E-state index is 0.123. The van der Waals surface area contributed by atoms with E-state index in [1.54, 1.807) is 6.20 Å². The van der Waals surface area contributed by atoms with Crippen LogP contribution in [-0.2, 0) is 9.84 Å². The fraction of sp³-hybridized carbons (Fsp3) is 0.667. The van der Waals surface area contributed by atoms with Crippen LogP contribution in [0.25, 0.3) is 0 Å². The van der Waals surface area contributed by atoms with E-state index in [0.717, 1.165) is 0 Å². The zero-order valence-corrected chi connectivity index (χ0v) is 10.1. The predicted octanol–water partition coefficient (Wildman–Crippen LogP) is 0.920. The third kappa shape index (κ3) is 3.91. The van der Waals surface area contributed by atoms with Crippen molar-refractivity contribution >= 4 is 15.8 Å². The summed E-state index contributed by atoms with van der Waals surface area (Å²) in [6, 6.07) is 0.313. The second kappa shape index (κ2) is 4.65. The van der Waals surface area contributed by atoms with Gasteiger partial charge in [-0.1, -0.05) is 0 Å². The van der Waals surface area contributed by atoms with Crippen LogP contribution in [0.5, 0.6) is 0 Å². The summed E-state index contributed by atoms with van der Waals surface area (Å²) in [5.41, 5.74) is 0. The minimum Gasteiger partial charge on any atom is -0.355 e. The number of hydrogen-bond donors (Lipinski definition) is 1. The smallest absolute Gasteiger partial charge is 0.203 e. The highest BCUT2D eigenvalue weighted by atomic mass is 32.2. The number of imidazole rings is 1. The molecular formula is C9H17N3O2S. The number of nitrogens with zero attached hydrogens (tertiary/aromatic N) is 2. The topological polar surface area (TPSA) is 64.0 Å². The summed E-state index contributed by atoms with van der Waals surface area (Å²) in [5.74, 6) is 0.839. The van der Waals surface area contributed by atoms with E-state index in [4.69, 9.17) is 0 Å². The van der Waals surface area contributed by atoms with Gasteiger partial charge in [-0.3, -0.25) is 0 Å². The molecule has 15 heavy (non-hydrogen) atoms. The van der Waals surface area contributed by atoms with E-state index in [0.29, 0.717) is 18.5 Å². The Bertz CT molecular complexity index is 409. The SMILES string of the molecule is CC(C)n1ccnc1NCCS(C)(=O)=O. The van der Waals surface area contributed by atoms with E-state index in [1.165, 1.54) is 6.26 Å². The lowest BCUT2D eigenvalue weighted by atomic mass is 10.4. The molecule has 0 spiro atoms. The van der Waals surface area contributed by atoms with Gasteiger partial charge in [0.15, 0.2) is 0 Å². The van der Waals surface area contributed by atoms with Crippen LogP contribution in [0.2, 0.25) is 0 Å². The third-order valence-corrected chi connectivity index (χ3v) is 2.93. The molecule has 0 saturated carbocycles. The number of sulfone groups is 1. The van der Waals surface area contributed by atoms with Gasteiger partial charge in [-0.05, 0) is 13.8 Å². The Kier molecular flexibility index (Phi) is 3.73. The molecule has 5 nitrogen and oxygen atoms in total. The quantitative estimate of drug-likeness (QED) is 0.818. The highest BCUT2D eigenvalue weighted by molar-refractivity contribution is 7.90. The molecule has 0 radical (unpaired) electrons. The molecule has 0 atom stereocenters. The predicted molar refractivity (Wildman–Crippen MR) is 60.8 cm³/mol. The Morgan fingerprint density at radius 3 is 2.73 bits per heavy atom. The van der Waals surface area contributed by atoms with Gasteiger partial charge in [-0.2, -0.15) is 0 Å². The Balaban J connectivity index is 2.54. The zero-order valence-electron chi connectivity index (χ0n) is 9.27. The van der Waals surface area contributed by atoms with E-state index in [1.807, 2.05) is 24.6 Å². The number of anilines is 1. The molecule has 1 heterocycles. The zero-order chi connectivity index (χ0) is 11.5. The van der Waals surface area contributed by atoms with Crippen molar-refractivity contribution in [1.29, 1.82) is 0 Å². The second-order valence-electron chi connectivity index (χ2n) is 3.81. The maximum Gasteiger partial charge on any atom is 0.203 e. The van der Waals surface area contributed by atoms with Crippen molar-refractivity contribution in [2.75, 3.05) is 23.9 Å². The Labute approximate surface area is 90.4 Å². The van der Waals surface area contributed by atoms with E-state index in [9.17, 15) is 8.42 Å². The molecule has 1 N–H and O–H groups in total. The maximum atomic E-state index is 10.9. The number of hydrogen-bond acceptors (Lipinski definition) is 4. The molecule has 86 valence electrons. The highest BCUT2D eigenvalue weighted by Crippen LogP contribution is 2.11. The molecule has 0 aliphatic rings. The summed E-state index contributed by atoms with van der Waals surface area (Å²) in [7, 11) is -2.91. The van der Waals surface area contributed by atoms with Crippen LogP contribution in [0.1, 0.15) is 19.9 Å². The molecular weight excluding hydrogens is 214 g/mol. The second-order valence-corrected chi connectivity index (χ2v) is 6.07. The van der Waals surface area contributed by atoms with Gasteiger partial charge in [0, 0.05) is 31.2 Å². The molecule has 0 aromatic carbocycles. The molecule has 0 aliphatic heterocycles. The van der Waals surface area contributed by atoms with E-state index < -0.39 is 9.84 Å². The molecule has 1 aromatic heterocycles. The molecule has 0 bridgehead atoms. The lowest BCUT2D eigenvalue weighted by Gasteiger charge is -2.12. The summed E-state index contributed by atoms with van der Waals surface area (Å²) >= 11 is 0. The van der Waals surface area contributed by atoms with Crippen molar-refractivity contribution in [2.45, 2.75) is 19.9 Å². The van der Waals surface area contributed by atoms with Crippen LogP contribution in [0, 0.1) is 0 Å². The average Bonchev–Trinajstić information content (AvgIpc) is 2.49. The molecule has 0 aliphatic carbocycles. The van der Waals surface area contributed by atoms with Gasteiger partial charge in [0.25, 0.3) is 0 Å². The number of nitrogens with one attached hydrogen (secondary N) is 1. The van der Waals surface area contributed by atoms with Crippen molar-refractivity contribution in [3.05, 3.63) is 12.4 Å². The first-order valence-electron chi connectivity index (χ1n) is 4.84. The standard InChI is InChI=1S/C9H17N3O2S/c1-8(2)12-6-4-10-9(12)11-5-7-15(3,13)14/h4,6,8H,5,7H2,1-3H3,(H,10,11). The van der Waals surface area contributed by atoms with Crippen LogP contribution in [0.15, 0.2) is 12.4 Å². The molecule has 0 unspecified atom stereocenters. The van der Waals surface area contributed by atoms with Crippen molar-refractivity contribution in [3.63, 3.8) is 0 Å². The van der Waals surface area contributed by atoms with Gasteiger partial charge in [-0.15, -0.1) is 0 Å². The summed E-state index contributed by atoms with van der Waals surface area (Å²) in [6.45, 7) is 4.48. The van der Waals surface area contributed by atoms with Gasteiger partial charge in [0.1, 0.15) is 9.84 Å². The van der Waals surface area contributed by atoms with Crippen molar-refractivity contribution in [2.24, 2.45) is 0 Å². The normalized spacial score (nSPS) is 12.0. The van der Waals surface area contributed by atoms with Gasteiger partial charge < -0.3 is 9.88 Å². The van der Waals surface area contributed by atoms with E-state index >= 15 is 0 Å². The van der Waals surface area contributed by atoms with Crippen LogP contribution in [0.3, 0.4) is 0 Å². The average molecular weight is 231 g/mol. The minimum atomic E-state index is -2.91. The van der Waals surface area contributed by atoms with E-state index in [-0.39, 0.29) is 5.75 Å². The lowest BCUT2D eigenvalue weighted by Crippen LogP contribution is -2.17. The summed E-state index contributed by atoms with van der Waals surface area (Å²) in [5, 5.41) is 3.00. The van der Waals surface area contributed by atoms with E-state index in [2.05, 4.69) is 10.3 Å². The third-order valence-electron chi connectivity index (χ3n) is 1.98. The summed E-state index contributed by atoms with van der Waals surface area (Å²) in [4.78, 5) is 4.11. The van der Waals surface area contributed by atoms with Gasteiger partial charge in [-0.25, -0.2) is 13.4 Å². The van der Waals surface area contributed by atoms with Crippen LogP contribution in [-0.4, -0.2) is 36.5 Å². The van der Waals surface area contributed by atoms with Crippen LogP contribution < -0.4 is 5.32 Å². The van der Waals surface area contributed by atoms with Crippen molar-refractivity contribution in [3.8, 4) is 0 Å². The Morgan fingerprint density at radius 1 is 1.53 bits per heavy atom. The monoisotopic (exact) mass is 231 g/mol. The molecule has 0 saturated heterocycles. The van der Waals surface area contributed by atoms with Gasteiger partial charge >= 0.3 is 0 Å². The number of aromatic nitrogens is 2. The fourth-order valence-electron chi connectivity index (χ4n) is 1.21. The summed E-state index contributed by atoms with van der Waals surface area (Å²) in [6.07, 6.45) is 4.79. The highest BCUT2D eigenvalue weighted by Gasteiger charge is 2.06. The lowest BCUT2D eigenvalue weighted by molar-refractivity contribution is 0.599. The maximum absolute atomic E-state index is 10.9. The fourth-order valence-corrected chi connectivity index (χ4v) is 1.69. The molecule has 1 rings (SSSR count). The first-order chi connectivity index (χ1) is 6.90. The van der Waals surface area contributed by atoms with Gasteiger partial charge in [0.05, 0.1) is 5.75 Å². The molecule has 1 aromatic rings. The number of rotatable bonds is 5.